The van der Waals surface area contributed by atoms with Crippen molar-refractivity contribution in [1.29, 1.82) is 0 Å². The van der Waals surface area contributed by atoms with Crippen molar-refractivity contribution in [3.8, 4) is 0 Å². The molecule has 2 aromatic rings. The first-order chi connectivity index (χ1) is 18.8. The van der Waals surface area contributed by atoms with Gasteiger partial charge in [-0.25, -0.2) is 8.42 Å². The zero-order chi connectivity index (χ0) is 30.2. The van der Waals surface area contributed by atoms with E-state index in [-0.39, 0.29) is 30.2 Å². The van der Waals surface area contributed by atoms with Crippen molar-refractivity contribution in [3.05, 3.63) is 41.4 Å². The first kappa shape index (κ1) is 32.9. The summed E-state index contributed by atoms with van der Waals surface area (Å²) in [6.45, 7) is 4.45. The molecule has 0 bridgehead atoms. The van der Waals surface area contributed by atoms with Crippen LogP contribution < -0.4 is 5.73 Å². The Morgan fingerprint density at radius 1 is 1.18 bits per heavy atom. The number of hydrogen-bond donors (Lipinski definition) is 2. The second-order valence-corrected chi connectivity index (χ2v) is 11.8. The average molecular weight is 598 g/mol. The van der Waals surface area contributed by atoms with E-state index < -0.39 is 40.5 Å². The normalized spacial score (nSPS) is 16.1. The number of carbonyl (C=O) groups excluding carboxylic acids is 3. The minimum atomic E-state index is -4.27. The van der Waals surface area contributed by atoms with Crippen LogP contribution in [0.5, 0.6) is 0 Å². The maximum Gasteiger partial charge on any atom is 0.290 e. The summed E-state index contributed by atoms with van der Waals surface area (Å²) < 4.78 is 28.2. The number of hydrogen-bond acceptors (Lipinski definition) is 7. The van der Waals surface area contributed by atoms with Crippen LogP contribution in [0.2, 0.25) is 5.02 Å². The molecule has 0 saturated carbocycles. The Morgan fingerprint density at radius 3 is 2.35 bits per heavy atom. The van der Waals surface area contributed by atoms with Crippen LogP contribution in [0.15, 0.2) is 41.3 Å². The molecule has 2 atom stereocenters. The van der Waals surface area contributed by atoms with Gasteiger partial charge in [0.1, 0.15) is 12.1 Å². The number of fused-ring (bicyclic) bond motifs is 1. The molecule has 40 heavy (non-hydrogen) atoms. The lowest BCUT2D eigenvalue weighted by atomic mass is 10.1. The Hall–Kier alpha value is -3.26. The summed E-state index contributed by atoms with van der Waals surface area (Å²) in [5.41, 5.74) is 5.40. The number of nitrogens with two attached hydrogens (primary N) is 1. The minimum Gasteiger partial charge on any atom is -0.483 e. The number of benzene rings is 2. The number of carbonyl (C=O) groups is 4. The molecule has 3 rings (SSSR count). The molecule has 3 N–H and O–H groups in total. The van der Waals surface area contributed by atoms with Crippen LogP contribution in [0.1, 0.15) is 20.3 Å². The van der Waals surface area contributed by atoms with Crippen molar-refractivity contribution in [2.45, 2.75) is 37.2 Å². The van der Waals surface area contributed by atoms with Crippen molar-refractivity contribution in [1.82, 2.24) is 19.0 Å². The molecule has 14 heteroatoms. The van der Waals surface area contributed by atoms with Crippen molar-refractivity contribution < 1.29 is 32.7 Å². The molecular weight excluding hydrogens is 562 g/mol. The summed E-state index contributed by atoms with van der Waals surface area (Å²) in [5.74, 6) is -1.62. The molecule has 2 aromatic carbocycles. The van der Waals surface area contributed by atoms with E-state index in [4.69, 9.17) is 27.2 Å². The van der Waals surface area contributed by atoms with Gasteiger partial charge in [0.15, 0.2) is 0 Å². The molecule has 3 amide bonds. The SMILES string of the molecule is CCN(CCN(C)C)C(=O)[C@H](C)N1CC[C@H](N(CC(N)=O)S(=O)(=O)c2ccc3cc(Cl)ccc3c2)C1=O.O=CO. The van der Waals surface area contributed by atoms with Crippen molar-refractivity contribution >= 4 is 56.6 Å². The smallest absolute Gasteiger partial charge is 0.290 e. The van der Waals surface area contributed by atoms with Gasteiger partial charge in [-0.2, -0.15) is 4.31 Å². The molecule has 0 unspecified atom stereocenters. The van der Waals surface area contributed by atoms with Gasteiger partial charge in [0.05, 0.1) is 11.4 Å². The second-order valence-electron chi connectivity index (χ2n) is 9.51. The zero-order valence-electron chi connectivity index (χ0n) is 23.0. The lowest BCUT2D eigenvalue weighted by Gasteiger charge is -2.31. The highest BCUT2D eigenvalue weighted by atomic mass is 35.5. The zero-order valence-corrected chi connectivity index (χ0v) is 24.6. The van der Waals surface area contributed by atoms with Crippen LogP contribution in [0.4, 0.5) is 0 Å². The van der Waals surface area contributed by atoms with Gasteiger partial charge in [0.2, 0.25) is 27.7 Å². The minimum absolute atomic E-state index is 0.0696. The number of likely N-dealkylation sites (tertiary alicyclic amines) is 1. The van der Waals surface area contributed by atoms with Gasteiger partial charge in [-0.3, -0.25) is 19.2 Å². The van der Waals surface area contributed by atoms with Crippen molar-refractivity contribution in [2.24, 2.45) is 5.73 Å². The van der Waals surface area contributed by atoms with E-state index in [1.54, 1.807) is 36.1 Å². The van der Waals surface area contributed by atoms with Crippen LogP contribution in [-0.2, 0) is 29.2 Å². The quantitative estimate of drug-likeness (QED) is 0.364. The topological polar surface area (TPSA) is 162 Å². The van der Waals surface area contributed by atoms with E-state index in [9.17, 15) is 22.8 Å². The Morgan fingerprint density at radius 2 is 1.77 bits per heavy atom. The average Bonchev–Trinajstić information content (AvgIpc) is 3.27. The van der Waals surface area contributed by atoms with E-state index in [1.165, 1.54) is 17.0 Å². The van der Waals surface area contributed by atoms with Gasteiger partial charge in [0.25, 0.3) is 6.47 Å². The van der Waals surface area contributed by atoms with Crippen molar-refractivity contribution in [3.63, 3.8) is 0 Å². The van der Waals surface area contributed by atoms with E-state index in [0.29, 0.717) is 30.0 Å². The lowest BCUT2D eigenvalue weighted by Crippen LogP contribution is -2.53. The predicted octanol–water partition coefficient (Wildman–Crippen LogP) is 1.07. The molecule has 1 heterocycles. The van der Waals surface area contributed by atoms with E-state index in [2.05, 4.69) is 0 Å². The van der Waals surface area contributed by atoms with Crippen LogP contribution >= 0.6 is 11.6 Å². The standard InChI is InChI=1S/C25H34ClN5O5S.CH2O2/c1-5-29(13-12-28(3)4)24(33)17(2)30-11-10-22(25(30)34)31(16-23(27)32)37(35,36)21-9-7-18-14-20(26)8-6-19(18)15-21;2-1-3/h6-9,14-15,17,22H,5,10-13,16H2,1-4H3,(H2,27,32);1H,(H,2,3)/t17-,22-;/m0./s1. The summed E-state index contributed by atoms with van der Waals surface area (Å²) in [6.07, 6.45) is 0.135. The molecule has 220 valence electrons. The molecule has 1 aliphatic heterocycles. The third kappa shape index (κ3) is 7.90. The predicted molar refractivity (Wildman–Crippen MR) is 151 cm³/mol. The monoisotopic (exact) mass is 597 g/mol. The van der Waals surface area contributed by atoms with Crippen LogP contribution in [0.3, 0.4) is 0 Å². The summed E-state index contributed by atoms with van der Waals surface area (Å²) in [6, 6.07) is 7.64. The number of primary amides is 1. The Kier molecular flexibility index (Phi) is 11.9. The van der Waals surface area contributed by atoms with Gasteiger partial charge >= 0.3 is 0 Å². The molecule has 1 aliphatic rings. The molecule has 0 aromatic heterocycles. The fourth-order valence-corrected chi connectivity index (χ4v) is 6.28. The Balaban J connectivity index is 0.00000178. The third-order valence-electron chi connectivity index (χ3n) is 6.59. The highest BCUT2D eigenvalue weighted by Crippen LogP contribution is 2.29. The van der Waals surface area contributed by atoms with Gasteiger partial charge in [-0.05, 0) is 69.4 Å². The van der Waals surface area contributed by atoms with Gasteiger partial charge in [-0.15, -0.1) is 0 Å². The number of nitrogens with zero attached hydrogens (tertiary/aromatic N) is 4. The second kappa shape index (κ2) is 14.4. The summed E-state index contributed by atoms with van der Waals surface area (Å²) >= 11 is 6.03. The Bertz CT molecular complexity index is 1340. The number of sulfonamides is 1. The van der Waals surface area contributed by atoms with E-state index in [0.717, 1.165) is 9.69 Å². The van der Waals surface area contributed by atoms with Gasteiger partial charge in [-0.1, -0.05) is 23.7 Å². The van der Waals surface area contributed by atoms with Crippen LogP contribution in [0.25, 0.3) is 10.8 Å². The number of carboxylic acid groups (broad SMARTS) is 1. The largest absolute Gasteiger partial charge is 0.483 e. The molecule has 0 aliphatic carbocycles. The van der Waals surface area contributed by atoms with Crippen molar-refractivity contribution in [2.75, 3.05) is 46.8 Å². The fourth-order valence-electron chi connectivity index (χ4n) is 4.49. The summed E-state index contributed by atoms with van der Waals surface area (Å²) in [5, 5.41) is 8.79. The molecule has 1 fully saturated rings. The van der Waals surface area contributed by atoms with E-state index in [1.807, 2.05) is 25.9 Å². The first-order valence-electron chi connectivity index (χ1n) is 12.6. The molecule has 0 radical (unpaired) electrons. The highest BCUT2D eigenvalue weighted by Gasteiger charge is 2.45. The summed E-state index contributed by atoms with van der Waals surface area (Å²) in [7, 11) is -0.448. The molecular formula is C26H36ClN5O7S. The Labute approximate surface area is 239 Å². The highest BCUT2D eigenvalue weighted by molar-refractivity contribution is 7.89. The molecule has 0 spiro atoms. The number of likely N-dealkylation sites (N-methyl/N-ethyl adjacent to an activating group) is 2. The number of rotatable bonds is 11. The third-order valence-corrected chi connectivity index (χ3v) is 8.67. The van der Waals surface area contributed by atoms with Crippen LogP contribution in [0, 0.1) is 0 Å². The summed E-state index contributed by atoms with van der Waals surface area (Å²) in [4.78, 5) is 51.8. The number of halogens is 1. The van der Waals surface area contributed by atoms with Crippen LogP contribution in [-0.4, -0.2) is 116 Å². The maximum atomic E-state index is 13.7. The maximum absolute atomic E-state index is 13.7. The van der Waals surface area contributed by atoms with E-state index >= 15 is 0 Å². The van der Waals surface area contributed by atoms with Gasteiger partial charge in [0, 0.05) is 31.2 Å². The molecule has 12 nitrogen and oxygen atoms in total. The number of amides is 3. The lowest BCUT2D eigenvalue weighted by molar-refractivity contribution is -0.144. The fraction of sp³-hybridized carbons (Fsp3) is 0.462. The first-order valence-corrected chi connectivity index (χ1v) is 14.4. The molecule has 1 saturated heterocycles. The van der Waals surface area contributed by atoms with Gasteiger partial charge < -0.3 is 25.5 Å².